The Morgan fingerprint density at radius 2 is 1.82 bits per heavy atom. The molecule has 3 aromatic rings. The maximum atomic E-state index is 5.60. The summed E-state index contributed by atoms with van der Waals surface area (Å²) in [5.41, 5.74) is 3.14. The van der Waals surface area contributed by atoms with Crippen molar-refractivity contribution in [2.24, 2.45) is 4.99 Å². The molecule has 0 amide bonds. The van der Waals surface area contributed by atoms with Crippen LogP contribution in [0.4, 0.5) is 0 Å². The molecular formula is C20H26IN5OS. The summed E-state index contributed by atoms with van der Waals surface area (Å²) in [4.78, 5) is 14.4. The molecule has 0 bridgehead atoms. The van der Waals surface area contributed by atoms with Crippen molar-refractivity contribution in [3.05, 3.63) is 57.9 Å². The number of benzene rings is 1. The van der Waals surface area contributed by atoms with Crippen LogP contribution >= 0.6 is 35.3 Å². The van der Waals surface area contributed by atoms with E-state index in [4.69, 9.17) is 4.42 Å². The molecule has 0 unspecified atom stereocenters. The zero-order chi connectivity index (χ0) is 19.1. The van der Waals surface area contributed by atoms with Crippen molar-refractivity contribution < 1.29 is 4.42 Å². The molecule has 0 saturated heterocycles. The van der Waals surface area contributed by atoms with Crippen LogP contribution in [0.15, 0.2) is 46.1 Å². The zero-order valence-corrected chi connectivity index (χ0v) is 19.5. The number of halogens is 1. The van der Waals surface area contributed by atoms with Crippen LogP contribution in [-0.2, 0) is 12.8 Å². The predicted octanol–water partition coefficient (Wildman–Crippen LogP) is 3.98. The molecule has 150 valence electrons. The van der Waals surface area contributed by atoms with Gasteiger partial charge in [0.1, 0.15) is 6.26 Å². The molecule has 2 heterocycles. The minimum Gasteiger partial charge on any atom is -0.444 e. The highest BCUT2D eigenvalue weighted by Gasteiger charge is 2.07. The lowest BCUT2D eigenvalue weighted by Gasteiger charge is -2.10. The van der Waals surface area contributed by atoms with E-state index in [1.807, 2.05) is 18.3 Å². The molecule has 2 N–H and O–H groups in total. The van der Waals surface area contributed by atoms with Gasteiger partial charge in [-0.3, -0.25) is 4.99 Å². The highest BCUT2D eigenvalue weighted by atomic mass is 127. The summed E-state index contributed by atoms with van der Waals surface area (Å²) in [6.07, 6.45) is 5.29. The number of aliphatic imine (C=N–C) groups is 1. The Bertz CT molecular complexity index is 888. The molecule has 8 heteroatoms. The van der Waals surface area contributed by atoms with Crippen LogP contribution in [0.5, 0.6) is 0 Å². The SMILES string of the molecule is CN=C(NCCc1coc(-c2ccc(C)cc2)n1)NCCc1ncc(C)s1.I. The molecule has 0 aliphatic rings. The van der Waals surface area contributed by atoms with E-state index in [1.165, 1.54) is 10.4 Å². The van der Waals surface area contributed by atoms with Crippen LogP contribution in [-0.4, -0.2) is 36.1 Å². The third kappa shape index (κ3) is 6.59. The van der Waals surface area contributed by atoms with Crippen LogP contribution in [0.1, 0.15) is 21.1 Å². The molecule has 1 aromatic carbocycles. The third-order valence-corrected chi connectivity index (χ3v) is 5.02. The zero-order valence-electron chi connectivity index (χ0n) is 16.4. The quantitative estimate of drug-likeness (QED) is 0.285. The molecule has 6 nitrogen and oxygen atoms in total. The van der Waals surface area contributed by atoms with E-state index in [-0.39, 0.29) is 24.0 Å². The van der Waals surface area contributed by atoms with Gasteiger partial charge in [-0.2, -0.15) is 0 Å². The molecule has 0 aliphatic heterocycles. The molecule has 0 atom stereocenters. The van der Waals surface area contributed by atoms with E-state index >= 15 is 0 Å². The highest BCUT2D eigenvalue weighted by Crippen LogP contribution is 2.19. The molecule has 0 spiro atoms. The summed E-state index contributed by atoms with van der Waals surface area (Å²) in [5, 5.41) is 7.76. The second kappa shape index (κ2) is 11.2. The van der Waals surface area contributed by atoms with Gasteiger partial charge in [0.05, 0.1) is 10.7 Å². The minimum atomic E-state index is 0. The van der Waals surface area contributed by atoms with Crippen LogP contribution < -0.4 is 10.6 Å². The number of nitrogens with one attached hydrogen (secondary N) is 2. The van der Waals surface area contributed by atoms with Crippen LogP contribution in [0.3, 0.4) is 0 Å². The molecular weight excluding hydrogens is 485 g/mol. The fourth-order valence-electron chi connectivity index (χ4n) is 2.58. The topological polar surface area (TPSA) is 75.3 Å². The van der Waals surface area contributed by atoms with Gasteiger partial charge < -0.3 is 15.1 Å². The van der Waals surface area contributed by atoms with Gasteiger partial charge in [0.25, 0.3) is 0 Å². The van der Waals surface area contributed by atoms with E-state index in [2.05, 4.69) is 51.6 Å². The van der Waals surface area contributed by atoms with Crippen molar-refractivity contribution in [1.82, 2.24) is 20.6 Å². The first kappa shape index (κ1) is 22.4. The number of guanidine groups is 1. The van der Waals surface area contributed by atoms with Gasteiger partial charge >= 0.3 is 0 Å². The lowest BCUT2D eigenvalue weighted by Crippen LogP contribution is -2.39. The van der Waals surface area contributed by atoms with Gasteiger partial charge in [0, 0.05) is 49.6 Å². The Hall–Kier alpha value is -1.94. The second-order valence-corrected chi connectivity index (χ2v) is 7.62. The van der Waals surface area contributed by atoms with Gasteiger partial charge in [-0.25, -0.2) is 9.97 Å². The van der Waals surface area contributed by atoms with Crippen molar-refractivity contribution in [3.63, 3.8) is 0 Å². The Morgan fingerprint density at radius 1 is 1.11 bits per heavy atom. The first-order valence-electron chi connectivity index (χ1n) is 9.01. The van der Waals surface area contributed by atoms with Crippen LogP contribution in [0.25, 0.3) is 11.5 Å². The Kier molecular flexibility index (Phi) is 8.91. The molecule has 0 fully saturated rings. The lowest BCUT2D eigenvalue weighted by atomic mass is 10.1. The first-order valence-corrected chi connectivity index (χ1v) is 9.83. The third-order valence-electron chi connectivity index (χ3n) is 4.05. The standard InChI is InChI=1S/C20H25N5OS.HI/c1-14-4-6-16(7-5-14)19-25-17(13-26-19)8-10-22-20(21-3)23-11-9-18-24-12-15(2)27-18;/h4-7,12-13H,8-11H2,1-3H3,(H2,21,22,23);1H. The maximum absolute atomic E-state index is 5.60. The number of nitrogens with zero attached hydrogens (tertiary/aromatic N) is 3. The number of hydrogen-bond acceptors (Lipinski definition) is 5. The molecule has 3 rings (SSSR count). The van der Waals surface area contributed by atoms with Crippen LogP contribution in [0, 0.1) is 13.8 Å². The second-order valence-electron chi connectivity index (χ2n) is 6.30. The van der Waals surface area contributed by atoms with Gasteiger partial charge in [0.15, 0.2) is 5.96 Å². The fourth-order valence-corrected chi connectivity index (χ4v) is 3.37. The smallest absolute Gasteiger partial charge is 0.226 e. The average molecular weight is 511 g/mol. The molecule has 2 aromatic heterocycles. The van der Waals surface area contributed by atoms with Crippen molar-refractivity contribution in [3.8, 4) is 11.5 Å². The predicted molar refractivity (Wildman–Crippen MR) is 126 cm³/mol. The van der Waals surface area contributed by atoms with Gasteiger partial charge in [-0.1, -0.05) is 17.7 Å². The average Bonchev–Trinajstić information content (AvgIpc) is 3.30. The summed E-state index contributed by atoms with van der Waals surface area (Å²) >= 11 is 1.73. The number of aryl methyl sites for hydroxylation is 2. The van der Waals surface area contributed by atoms with Gasteiger partial charge in [-0.05, 0) is 26.0 Å². The summed E-state index contributed by atoms with van der Waals surface area (Å²) < 4.78 is 5.60. The number of oxazole rings is 1. The first-order chi connectivity index (χ1) is 13.1. The van der Waals surface area contributed by atoms with Crippen molar-refractivity contribution >= 4 is 41.3 Å². The number of hydrogen-bond donors (Lipinski definition) is 2. The number of rotatable bonds is 7. The monoisotopic (exact) mass is 511 g/mol. The summed E-state index contributed by atoms with van der Waals surface area (Å²) in [5.74, 6) is 1.44. The van der Waals surface area contributed by atoms with E-state index in [9.17, 15) is 0 Å². The van der Waals surface area contributed by atoms with Crippen molar-refractivity contribution in [2.75, 3.05) is 20.1 Å². The van der Waals surface area contributed by atoms with Gasteiger partial charge in [0.2, 0.25) is 5.89 Å². The van der Waals surface area contributed by atoms with Crippen molar-refractivity contribution in [1.29, 1.82) is 0 Å². The minimum absolute atomic E-state index is 0. The summed E-state index contributed by atoms with van der Waals surface area (Å²) in [6, 6.07) is 8.17. The van der Waals surface area contributed by atoms with Crippen LogP contribution in [0.2, 0.25) is 0 Å². The van der Waals surface area contributed by atoms with E-state index in [0.717, 1.165) is 48.2 Å². The normalized spacial score (nSPS) is 11.2. The number of aromatic nitrogens is 2. The van der Waals surface area contributed by atoms with E-state index in [1.54, 1.807) is 24.6 Å². The Balaban J connectivity index is 0.00000280. The highest BCUT2D eigenvalue weighted by molar-refractivity contribution is 14.0. The molecule has 0 saturated carbocycles. The Labute approximate surface area is 186 Å². The van der Waals surface area contributed by atoms with Gasteiger partial charge in [-0.15, -0.1) is 35.3 Å². The lowest BCUT2D eigenvalue weighted by molar-refractivity contribution is 0.572. The largest absolute Gasteiger partial charge is 0.444 e. The van der Waals surface area contributed by atoms with E-state index in [0.29, 0.717) is 5.89 Å². The summed E-state index contributed by atoms with van der Waals surface area (Å²) in [7, 11) is 1.77. The maximum Gasteiger partial charge on any atom is 0.226 e. The Morgan fingerprint density at radius 3 is 2.46 bits per heavy atom. The van der Waals surface area contributed by atoms with E-state index < -0.39 is 0 Å². The summed E-state index contributed by atoms with van der Waals surface area (Å²) in [6.45, 7) is 5.67. The molecule has 28 heavy (non-hydrogen) atoms. The fraction of sp³-hybridized carbons (Fsp3) is 0.350. The molecule has 0 aliphatic carbocycles. The number of thiazole rings is 1. The van der Waals surface area contributed by atoms with Crippen molar-refractivity contribution in [2.45, 2.75) is 26.7 Å². The molecule has 0 radical (unpaired) electrons.